The molecule has 2 N–H and O–H groups in total. The second kappa shape index (κ2) is 4.17. The lowest BCUT2D eigenvalue weighted by atomic mass is 11.5. The lowest BCUT2D eigenvalue weighted by Gasteiger charge is -1.64. The molecule has 0 atom stereocenters. The second-order valence-electron chi connectivity index (χ2n) is 0.338. The average molecular weight is 113 g/mol. The summed E-state index contributed by atoms with van der Waals surface area (Å²) in [6.45, 7) is 0. The van der Waals surface area contributed by atoms with Crippen molar-refractivity contribution in [2.45, 2.75) is 0 Å². The molecule has 0 aromatic rings. The Kier molecular flexibility index (Phi) is 7.46. The van der Waals surface area contributed by atoms with Gasteiger partial charge in [0.25, 0.3) is 0 Å². The fourth-order valence-corrected chi connectivity index (χ4v) is 0. The summed E-state index contributed by atoms with van der Waals surface area (Å²) in [5, 5.41) is 0. The molecule has 0 aliphatic carbocycles. The Morgan fingerprint density at radius 1 is 1.80 bits per heavy atom. The maximum absolute atomic E-state index is 4.71. The van der Waals surface area contributed by atoms with Crippen molar-refractivity contribution in [2.75, 3.05) is 0 Å². The van der Waals surface area contributed by atoms with Gasteiger partial charge in [0.15, 0.2) is 0 Å². The molecule has 0 bridgehead atoms. The van der Waals surface area contributed by atoms with Crippen LogP contribution in [-0.2, 0) is 0 Å². The Balaban J connectivity index is 0. The van der Waals surface area contributed by atoms with Crippen molar-refractivity contribution in [3.05, 3.63) is 0 Å². The summed E-state index contributed by atoms with van der Waals surface area (Å²) in [7, 11) is 0. The van der Waals surface area contributed by atoms with Crippen LogP contribution in [0, 0.1) is 0 Å². The molecule has 0 aliphatic heterocycles. The van der Waals surface area contributed by atoms with Crippen molar-refractivity contribution in [1.29, 1.82) is 0 Å². The lowest BCUT2D eigenvalue weighted by Crippen LogP contribution is -1.94. The van der Waals surface area contributed by atoms with Gasteiger partial charge in [0, 0.05) is 0 Å². The summed E-state index contributed by atoms with van der Waals surface area (Å²) >= 11 is 7.65. The molecule has 0 heterocycles. The van der Waals surface area contributed by atoms with Crippen molar-refractivity contribution in [1.82, 2.24) is 0 Å². The number of thiocarbonyl (C=S) groups is 1. The highest BCUT2D eigenvalue weighted by Crippen LogP contribution is 1.63. The predicted molar refractivity (Wildman–Crippen MR) is 28.3 cm³/mol. The molecule has 0 aliphatic rings. The van der Waals surface area contributed by atoms with E-state index in [-0.39, 0.29) is 9.02 Å². The van der Waals surface area contributed by atoms with Crippen LogP contribution in [0.25, 0.3) is 0 Å². The molecule has 0 fully saturated rings. The molecule has 0 amide bonds. The van der Waals surface area contributed by atoms with Crippen LogP contribution in [0.4, 0.5) is 4.70 Å². The summed E-state index contributed by atoms with van der Waals surface area (Å²) in [6.07, 6.45) is 0. The molecule has 0 rings (SSSR count). The van der Waals surface area contributed by atoms with Gasteiger partial charge in [-0.25, -0.2) is 0 Å². The summed E-state index contributed by atoms with van der Waals surface area (Å²) < 4.78 is 0.194. The van der Waals surface area contributed by atoms with E-state index in [2.05, 4.69) is 24.8 Å². The van der Waals surface area contributed by atoms with Crippen molar-refractivity contribution in [2.24, 2.45) is 5.73 Å². The van der Waals surface area contributed by atoms with Gasteiger partial charge in [-0.1, -0.05) is 12.2 Å². The van der Waals surface area contributed by atoms with Crippen LogP contribution in [0.1, 0.15) is 0 Å². The Hall–Kier alpha value is 0.170. The Morgan fingerprint density at radius 2 is 1.80 bits per heavy atom. The van der Waals surface area contributed by atoms with Crippen LogP contribution < -0.4 is 5.73 Å². The molecule has 32 valence electrons. The molecule has 0 aromatic heterocycles. The molecular formula is CH4FNS2. The zero-order chi connectivity index (χ0) is 3.58. The smallest absolute Gasteiger partial charge is 0.128 e. The molecule has 0 radical (unpaired) electrons. The van der Waals surface area contributed by atoms with Crippen LogP contribution in [0.15, 0.2) is 0 Å². The third-order valence-electron chi connectivity index (χ3n) is 0. The third kappa shape index (κ3) is 679. The van der Waals surface area contributed by atoms with E-state index in [9.17, 15) is 0 Å². The van der Waals surface area contributed by atoms with Gasteiger partial charge in [0.05, 0.1) is 0 Å². The number of nitrogens with two attached hydrogens (primary N) is 1. The number of rotatable bonds is 0. The van der Waals surface area contributed by atoms with Crippen LogP contribution >= 0.6 is 24.8 Å². The van der Waals surface area contributed by atoms with E-state index >= 15 is 0 Å². The topological polar surface area (TPSA) is 26.0 Å². The normalized spacial score (nSPS) is 5.00. The summed E-state index contributed by atoms with van der Waals surface area (Å²) in [5.74, 6) is 0. The highest BCUT2D eigenvalue weighted by molar-refractivity contribution is 8.10. The highest BCUT2D eigenvalue weighted by atomic mass is 32.1. The Morgan fingerprint density at radius 3 is 1.80 bits per heavy atom. The maximum atomic E-state index is 4.71. The van der Waals surface area contributed by atoms with Gasteiger partial charge in [-0.3, -0.25) is 4.70 Å². The molecular weight excluding hydrogens is 109 g/mol. The first-order chi connectivity index (χ1) is 1.73. The molecule has 5 heavy (non-hydrogen) atoms. The number of thiol groups is 1. The van der Waals surface area contributed by atoms with Gasteiger partial charge >= 0.3 is 0 Å². The van der Waals surface area contributed by atoms with Crippen LogP contribution in [0.5, 0.6) is 0 Å². The molecule has 0 saturated heterocycles. The van der Waals surface area contributed by atoms with E-state index in [1.54, 1.807) is 0 Å². The van der Waals surface area contributed by atoms with Crippen molar-refractivity contribution >= 4 is 29.2 Å². The quantitative estimate of drug-likeness (QED) is 0.349. The monoisotopic (exact) mass is 113 g/mol. The van der Waals surface area contributed by atoms with Gasteiger partial charge in [-0.15, -0.1) is 12.6 Å². The second-order valence-corrected chi connectivity index (χ2v) is 1.56. The Bertz CT molecular complexity index is 32.6. The zero-order valence-corrected chi connectivity index (χ0v) is 4.05. The van der Waals surface area contributed by atoms with Crippen molar-refractivity contribution in [3.63, 3.8) is 0 Å². The van der Waals surface area contributed by atoms with Crippen LogP contribution in [-0.4, -0.2) is 4.32 Å². The third-order valence-corrected chi connectivity index (χ3v) is 0. The number of halogens is 1. The number of hydrogen-bond acceptors (Lipinski definition) is 1. The predicted octanol–water partition coefficient (Wildman–Crippen LogP) is 0.312. The van der Waals surface area contributed by atoms with E-state index in [0.29, 0.717) is 0 Å². The zero-order valence-electron chi connectivity index (χ0n) is 2.34. The van der Waals surface area contributed by atoms with Crippen LogP contribution in [0.3, 0.4) is 0 Å². The lowest BCUT2D eigenvalue weighted by molar-refractivity contribution is 1.11. The maximum Gasteiger partial charge on any atom is 0.128 e. The average Bonchev–Trinajstić information content (AvgIpc) is 0.811. The van der Waals surface area contributed by atoms with Crippen molar-refractivity contribution < 1.29 is 4.70 Å². The fourth-order valence-electron chi connectivity index (χ4n) is 0. The van der Waals surface area contributed by atoms with Gasteiger partial charge in [0.1, 0.15) is 4.32 Å². The van der Waals surface area contributed by atoms with E-state index in [4.69, 9.17) is 5.73 Å². The number of hydrogen-bond donors (Lipinski definition) is 2. The van der Waals surface area contributed by atoms with E-state index < -0.39 is 0 Å². The van der Waals surface area contributed by atoms with Gasteiger partial charge in [-0.2, -0.15) is 0 Å². The summed E-state index contributed by atoms with van der Waals surface area (Å²) in [6, 6.07) is 0. The standard InChI is InChI=1S/CH3NS2.FH/c2-1(3)4;/h(H3,2,3,4);1H. The fraction of sp³-hybridized carbons (Fsp3) is 0. The highest BCUT2D eigenvalue weighted by Gasteiger charge is 1.55. The SMILES string of the molecule is F.NC(=S)S. The van der Waals surface area contributed by atoms with Gasteiger partial charge in [-0.05, 0) is 0 Å². The minimum Gasteiger partial charge on any atom is -0.385 e. The minimum absolute atomic E-state index is 0. The van der Waals surface area contributed by atoms with Crippen molar-refractivity contribution in [3.8, 4) is 0 Å². The largest absolute Gasteiger partial charge is 0.385 e. The molecule has 4 heteroatoms. The summed E-state index contributed by atoms with van der Waals surface area (Å²) in [4.78, 5) is 0. The van der Waals surface area contributed by atoms with E-state index in [1.807, 2.05) is 0 Å². The van der Waals surface area contributed by atoms with Gasteiger partial charge in [0.2, 0.25) is 0 Å². The van der Waals surface area contributed by atoms with Gasteiger partial charge < -0.3 is 5.73 Å². The minimum atomic E-state index is 0. The molecule has 0 spiro atoms. The van der Waals surface area contributed by atoms with E-state index in [0.717, 1.165) is 0 Å². The molecule has 0 unspecified atom stereocenters. The first-order valence-corrected chi connectivity index (χ1v) is 1.57. The van der Waals surface area contributed by atoms with Crippen LogP contribution in [0.2, 0.25) is 0 Å². The van der Waals surface area contributed by atoms with E-state index in [1.165, 1.54) is 0 Å². The first-order valence-electron chi connectivity index (χ1n) is 0.716. The Labute approximate surface area is 40.3 Å². The molecule has 1 nitrogen and oxygen atoms in total. The first kappa shape index (κ1) is 8.95. The molecule has 0 saturated carbocycles. The summed E-state index contributed by atoms with van der Waals surface area (Å²) in [5.41, 5.74) is 4.71. The molecule has 0 aromatic carbocycles.